The summed E-state index contributed by atoms with van der Waals surface area (Å²) in [5.41, 5.74) is 0. The molecular weight excluding hydrogens is 144 g/mol. The van der Waals surface area contributed by atoms with Crippen molar-refractivity contribution in [2.75, 3.05) is 0 Å². The van der Waals surface area contributed by atoms with E-state index in [0.717, 1.165) is 11.8 Å². The molecule has 1 rings (SSSR count). The van der Waals surface area contributed by atoms with Crippen LogP contribution < -0.4 is 0 Å². The van der Waals surface area contributed by atoms with Gasteiger partial charge >= 0.3 is 0 Å². The first-order valence-corrected chi connectivity index (χ1v) is 5.10. The first-order chi connectivity index (χ1) is 5.88. The summed E-state index contributed by atoms with van der Waals surface area (Å²) in [5, 5.41) is 0. The molecule has 2 atom stereocenters. The van der Waals surface area contributed by atoms with Crippen LogP contribution in [0, 0.1) is 11.8 Å². The lowest BCUT2D eigenvalue weighted by atomic mass is 9.76. The maximum atomic E-state index is 3.82. The van der Waals surface area contributed by atoms with Gasteiger partial charge in [-0.3, -0.25) is 0 Å². The van der Waals surface area contributed by atoms with Crippen LogP contribution in [0.5, 0.6) is 0 Å². The third kappa shape index (κ3) is 2.51. The van der Waals surface area contributed by atoms with Gasteiger partial charge < -0.3 is 0 Å². The van der Waals surface area contributed by atoms with Crippen molar-refractivity contribution in [3.63, 3.8) is 0 Å². The molecule has 0 aromatic rings. The second-order valence-corrected chi connectivity index (χ2v) is 3.85. The van der Waals surface area contributed by atoms with E-state index in [1.807, 2.05) is 0 Å². The predicted octanol–water partition coefficient (Wildman–Crippen LogP) is 3.95. The van der Waals surface area contributed by atoms with E-state index >= 15 is 0 Å². The summed E-state index contributed by atoms with van der Waals surface area (Å²) in [6, 6.07) is 0. The van der Waals surface area contributed by atoms with Gasteiger partial charge in [0.1, 0.15) is 0 Å². The Morgan fingerprint density at radius 2 is 1.33 bits per heavy atom. The fourth-order valence-corrected chi connectivity index (χ4v) is 2.33. The van der Waals surface area contributed by atoms with Crippen molar-refractivity contribution in [1.82, 2.24) is 0 Å². The van der Waals surface area contributed by atoms with E-state index in [4.69, 9.17) is 0 Å². The van der Waals surface area contributed by atoms with Gasteiger partial charge in [0.25, 0.3) is 0 Å². The molecule has 1 fully saturated rings. The normalized spacial score (nSPS) is 29.7. The van der Waals surface area contributed by atoms with Gasteiger partial charge in [-0.05, 0) is 37.5 Å². The number of allylic oxidation sites excluding steroid dienone is 2. The zero-order valence-corrected chi connectivity index (χ0v) is 7.97. The van der Waals surface area contributed by atoms with Gasteiger partial charge in [0.2, 0.25) is 0 Å². The van der Waals surface area contributed by atoms with Crippen LogP contribution in [-0.4, -0.2) is 0 Å². The van der Waals surface area contributed by atoms with Crippen LogP contribution >= 0.6 is 0 Å². The molecule has 0 aromatic heterocycles. The fraction of sp³-hybridized carbons (Fsp3) is 0.667. The van der Waals surface area contributed by atoms with Crippen molar-refractivity contribution in [2.45, 2.75) is 38.5 Å². The van der Waals surface area contributed by atoms with Gasteiger partial charge in [0.15, 0.2) is 0 Å². The predicted molar refractivity (Wildman–Crippen MR) is 55.1 cm³/mol. The standard InChI is InChI=1S/C12H20/c1-3-7-11-9-5-6-10-12(11)8-4-2/h3-4,11-12H,1-2,5-10H2. The molecule has 0 amide bonds. The van der Waals surface area contributed by atoms with E-state index in [1.165, 1.54) is 38.5 Å². The Balaban J connectivity index is 2.41. The molecule has 1 aliphatic carbocycles. The molecule has 0 bridgehead atoms. The van der Waals surface area contributed by atoms with Gasteiger partial charge in [-0.15, -0.1) is 13.2 Å². The minimum Gasteiger partial charge on any atom is -0.103 e. The van der Waals surface area contributed by atoms with Gasteiger partial charge in [-0.25, -0.2) is 0 Å². The zero-order chi connectivity index (χ0) is 8.81. The molecule has 0 radical (unpaired) electrons. The fourth-order valence-electron chi connectivity index (χ4n) is 2.33. The highest BCUT2D eigenvalue weighted by atomic mass is 14.3. The summed E-state index contributed by atoms with van der Waals surface area (Å²) < 4.78 is 0. The number of rotatable bonds is 4. The van der Waals surface area contributed by atoms with Crippen LogP contribution in [0.2, 0.25) is 0 Å². The summed E-state index contributed by atoms with van der Waals surface area (Å²) in [7, 11) is 0. The highest BCUT2D eigenvalue weighted by molar-refractivity contribution is 4.85. The molecule has 0 nitrogen and oxygen atoms in total. The molecule has 0 aromatic carbocycles. The van der Waals surface area contributed by atoms with Gasteiger partial charge in [0, 0.05) is 0 Å². The second-order valence-electron chi connectivity index (χ2n) is 3.85. The van der Waals surface area contributed by atoms with Crippen molar-refractivity contribution < 1.29 is 0 Å². The highest BCUT2D eigenvalue weighted by Crippen LogP contribution is 2.34. The molecule has 0 heterocycles. The average Bonchev–Trinajstić information content (AvgIpc) is 2.09. The Bertz CT molecular complexity index is 128. The Hall–Kier alpha value is -0.520. The molecule has 0 N–H and O–H groups in total. The molecule has 68 valence electrons. The van der Waals surface area contributed by atoms with Gasteiger partial charge in [0.05, 0.1) is 0 Å². The zero-order valence-electron chi connectivity index (χ0n) is 7.97. The minimum atomic E-state index is 0.897. The van der Waals surface area contributed by atoms with Crippen LogP contribution in [-0.2, 0) is 0 Å². The molecule has 1 aliphatic rings. The molecule has 12 heavy (non-hydrogen) atoms. The Labute approximate surface area is 76.4 Å². The van der Waals surface area contributed by atoms with Crippen LogP contribution in [0.1, 0.15) is 38.5 Å². The molecule has 0 spiro atoms. The molecule has 0 aliphatic heterocycles. The lowest BCUT2D eigenvalue weighted by Gasteiger charge is -2.30. The Morgan fingerprint density at radius 3 is 1.67 bits per heavy atom. The third-order valence-electron chi connectivity index (χ3n) is 3.01. The van der Waals surface area contributed by atoms with Crippen molar-refractivity contribution in [3.8, 4) is 0 Å². The summed E-state index contributed by atoms with van der Waals surface area (Å²) in [5.74, 6) is 1.79. The van der Waals surface area contributed by atoms with Crippen LogP contribution in [0.25, 0.3) is 0 Å². The molecule has 0 saturated heterocycles. The lowest BCUT2D eigenvalue weighted by Crippen LogP contribution is -2.18. The average molecular weight is 164 g/mol. The molecule has 0 heteroatoms. The maximum absolute atomic E-state index is 3.82. The Morgan fingerprint density at radius 1 is 0.917 bits per heavy atom. The highest BCUT2D eigenvalue weighted by Gasteiger charge is 2.22. The molecule has 2 unspecified atom stereocenters. The summed E-state index contributed by atoms with van der Waals surface area (Å²) in [6.45, 7) is 7.65. The Kier molecular flexibility index (Phi) is 4.13. The van der Waals surface area contributed by atoms with E-state index in [1.54, 1.807) is 0 Å². The van der Waals surface area contributed by atoms with Gasteiger partial charge in [-0.1, -0.05) is 25.0 Å². The topological polar surface area (TPSA) is 0 Å². The van der Waals surface area contributed by atoms with Crippen LogP contribution in [0.15, 0.2) is 25.3 Å². The number of hydrogen-bond donors (Lipinski definition) is 0. The van der Waals surface area contributed by atoms with Crippen molar-refractivity contribution in [2.24, 2.45) is 11.8 Å². The quantitative estimate of drug-likeness (QED) is 0.552. The number of hydrogen-bond acceptors (Lipinski definition) is 0. The molecule has 1 saturated carbocycles. The summed E-state index contributed by atoms with van der Waals surface area (Å²) in [6.07, 6.45) is 12.2. The summed E-state index contributed by atoms with van der Waals surface area (Å²) >= 11 is 0. The van der Waals surface area contributed by atoms with E-state index in [-0.39, 0.29) is 0 Å². The first kappa shape index (κ1) is 9.57. The first-order valence-electron chi connectivity index (χ1n) is 5.10. The van der Waals surface area contributed by atoms with Crippen LogP contribution in [0.4, 0.5) is 0 Å². The SMILES string of the molecule is C=CCC1CCCCC1CC=C. The van der Waals surface area contributed by atoms with E-state index in [0.29, 0.717) is 0 Å². The van der Waals surface area contributed by atoms with Crippen molar-refractivity contribution >= 4 is 0 Å². The van der Waals surface area contributed by atoms with E-state index in [9.17, 15) is 0 Å². The van der Waals surface area contributed by atoms with Crippen molar-refractivity contribution in [1.29, 1.82) is 0 Å². The summed E-state index contributed by atoms with van der Waals surface area (Å²) in [4.78, 5) is 0. The molecular formula is C12H20. The maximum Gasteiger partial charge on any atom is -0.0322 e. The second kappa shape index (κ2) is 5.18. The minimum absolute atomic E-state index is 0.897. The van der Waals surface area contributed by atoms with Crippen molar-refractivity contribution in [3.05, 3.63) is 25.3 Å². The monoisotopic (exact) mass is 164 g/mol. The van der Waals surface area contributed by atoms with E-state index < -0.39 is 0 Å². The lowest BCUT2D eigenvalue weighted by molar-refractivity contribution is 0.241. The third-order valence-corrected chi connectivity index (χ3v) is 3.01. The smallest absolute Gasteiger partial charge is 0.0322 e. The van der Waals surface area contributed by atoms with Gasteiger partial charge in [-0.2, -0.15) is 0 Å². The van der Waals surface area contributed by atoms with E-state index in [2.05, 4.69) is 25.3 Å². The largest absolute Gasteiger partial charge is 0.103 e. The van der Waals surface area contributed by atoms with Crippen LogP contribution in [0.3, 0.4) is 0 Å².